The molecule has 5 heteroatoms. The Hall–Kier alpha value is -2.55. The van der Waals surface area contributed by atoms with E-state index in [-0.39, 0.29) is 0 Å². The first-order valence-corrected chi connectivity index (χ1v) is 9.44. The Morgan fingerprint density at radius 2 is 1.67 bits per heavy atom. The van der Waals surface area contributed by atoms with Crippen molar-refractivity contribution in [3.05, 3.63) is 59.7 Å². The molecule has 1 saturated heterocycles. The lowest BCUT2D eigenvalue weighted by atomic mass is 10.1. The molecule has 0 amide bonds. The van der Waals surface area contributed by atoms with Crippen molar-refractivity contribution in [3.63, 3.8) is 0 Å². The van der Waals surface area contributed by atoms with Gasteiger partial charge < -0.3 is 9.47 Å². The Balaban J connectivity index is 1.54. The van der Waals surface area contributed by atoms with E-state index in [1.54, 1.807) is 7.11 Å². The number of rotatable bonds is 8. The van der Waals surface area contributed by atoms with Crippen LogP contribution in [-0.4, -0.2) is 49.6 Å². The van der Waals surface area contributed by atoms with Crippen molar-refractivity contribution in [2.24, 2.45) is 0 Å². The van der Waals surface area contributed by atoms with Gasteiger partial charge in [0.1, 0.15) is 6.61 Å². The van der Waals surface area contributed by atoms with Crippen LogP contribution in [0.15, 0.2) is 48.5 Å². The molecule has 0 unspecified atom stereocenters. The van der Waals surface area contributed by atoms with Crippen molar-refractivity contribution in [2.45, 2.75) is 19.6 Å². The van der Waals surface area contributed by atoms with Gasteiger partial charge in [0, 0.05) is 45.7 Å². The van der Waals surface area contributed by atoms with Crippen LogP contribution in [0.4, 0.5) is 0 Å². The summed E-state index contributed by atoms with van der Waals surface area (Å²) in [4.78, 5) is 4.81. The Morgan fingerprint density at radius 1 is 0.926 bits per heavy atom. The van der Waals surface area contributed by atoms with Crippen molar-refractivity contribution >= 4 is 0 Å². The minimum Gasteiger partial charge on any atom is -0.493 e. The molecule has 2 aromatic carbocycles. The molecule has 0 radical (unpaired) electrons. The largest absolute Gasteiger partial charge is 0.493 e. The molecule has 0 atom stereocenters. The fourth-order valence-corrected chi connectivity index (χ4v) is 3.30. The molecule has 1 heterocycles. The molecule has 3 rings (SSSR count). The van der Waals surface area contributed by atoms with E-state index in [2.05, 4.69) is 40.1 Å². The van der Waals surface area contributed by atoms with Crippen LogP contribution in [0.5, 0.6) is 11.5 Å². The average molecular weight is 365 g/mol. The number of hydrogen-bond acceptors (Lipinski definition) is 5. The van der Waals surface area contributed by atoms with Crippen molar-refractivity contribution in [3.8, 4) is 17.6 Å². The Labute approximate surface area is 161 Å². The van der Waals surface area contributed by atoms with E-state index in [1.165, 1.54) is 5.56 Å². The van der Waals surface area contributed by atoms with Gasteiger partial charge in [0.05, 0.1) is 13.2 Å². The van der Waals surface area contributed by atoms with Gasteiger partial charge in [0.15, 0.2) is 11.5 Å². The van der Waals surface area contributed by atoms with E-state index >= 15 is 0 Å². The zero-order valence-corrected chi connectivity index (χ0v) is 15.9. The number of ether oxygens (including phenoxy) is 2. The van der Waals surface area contributed by atoms with Gasteiger partial charge in [-0.2, -0.15) is 5.26 Å². The molecule has 1 aliphatic rings. The standard InChI is InChI=1S/C22H27N3O2/c1-26-22-16-20(17-25-14-12-24(13-15-25)11-5-10-23)8-9-21(22)27-18-19-6-3-2-4-7-19/h2-4,6-9,16H,5,11-15,17-18H2,1H3. The molecule has 27 heavy (non-hydrogen) atoms. The monoisotopic (exact) mass is 365 g/mol. The van der Waals surface area contributed by atoms with Crippen LogP contribution in [0.25, 0.3) is 0 Å². The first-order valence-electron chi connectivity index (χ1n) is 9.44. The minimum atomic E-state index is 0.529. The van der Waals surface area contributed by atoms with Crippen LogP contribution in [0.3, 0.4) is 0 Å². The maximum atomic E-state index is 8.71. The number of hydrogen-bond donors (Lipinski definition) is 0. The maximum absolute atomic E-state index is 8.71. The van der Waals surface area contributed by atoms with Crippen molar-refractivity contribution in [1.29, 1.82) is 5.26 Å². The molecule has 2 aromatic rings. The molecular formula is C22H27N3O2. The van der Waals surface area contributed by atoms with Gasteiger partial charge in [-0.25, -0.2) is 0 Å². The Bertz CT molecular complexity index is 750. The zero-order chi connectivity index (χ0) is 18.9. The predicted octanol–water partition coefficient (Wildman–Crippen LogP) is 3.31. The summed E-state index contributed by atoms with van der Waals surface area (Å²) in [6.45, 7) is 6.42. The Kier molecular flexibility index (Phi) is 7.09. The number of nitriles is 1. The first kappa shape index (κ1) is 19.2. The van der Waals surface area contributed by atoms with Gasteiger partial charge in [-0.3, -0.25) is 9.80 Å². The lowest BCUT2D eigenvalue weighted by Crippen LogP contribution is -2.46. The van der Waals surface area contributed by atoms with Gasteiger partial charge in [0.2, 0.25) is 0 Å². The molecule has 0 bridgehead atoms. The van der Waals surface area contributed by atoms with E-state index in [0.717, 1.165) is 56.3 Å². The summed E-state index contributed by atoms with van der Waals surface area (Å²) in [5, 5.41) is 8.71. The summed E-state index contributed by atoms with van der Waals surface area (Å²) in [5.41, 5.74) is 2.36. The summed E-state index contributed by atoms with van der Waals surface area (Å²) in [6.07, 6.45) is 0.613. The SMILES string of the molecule is COc1cc(CN2CCN(CCC#N)CC2)ccc1OCc1ccccc1. The van der Waals surface area contributed by atoms with Crippen molar-refractivity contribution in [1.82, 2.24) is 9.80 Å². The van der Waals surface area contributed by atoms with E-state index in [0.29, 0.717) is 13.0 Å². The topological polar surface area (TPSA) is 48.7 Å². The highest BCUT2D eigenvalue weighted by Gasteiger charge is 2.17. The third-order valence-electron chi connectivity index (χ3n) is 4.88. The molecule has 1 aliphatic heterocycles. The van der Waals surface area contributed by atoms with E-state index in [9.17, 15) is 0 Å². The zero-order valence-electron chi connectivity index (χ0n) is 15.9. The van der Waals surface area contributed by atoms with Crippen LogP contribution < -0.4 is 9.47 Å². The molecule has 142 valence electrons. The van der Waals surface area contributed by atoms with Gasteiger partial charge in [0.25, 0.3) is 0 Å². The normalized spacial score (nSPS) is 15.3. The second kappa shape index (κ2) is 9.96. The lowest BCUT2D eigenvalue weighted by Gasteiger charge is -2.34. The van der Waals surface area contributed by atoms with Crippen LogP contribution in [0.2, 0.25) is 0 Å². The molecule has 0 saturated carbocycles. The molecule has 1 fully saturated rings. The molecule has 0 aliphatic carbocycles. The Morgan fingerprint density at radius 3 is 2.37 bits per heavy atom. The van der Waals surface area contributed by atoms with Gasteiger partial charge in [-0.15, -0.1) is 0 Å². The highest BCUT2D eigenvalue weighted by atomic mass is 16.5. The van der Waals surface area contributed by atoms with Crippen LogP contribution in [0.1, 0.15) is 17.5 Å². The average Bonchev–Trinajstić information content (AvgIpc) is 2.73. The van der Waals surface area contributed by atoms with Gasteiger partial charge in [-0.05, 0) is 23.3 Å². The highest BCUT2D eigenvalue weighted by molar-refractivity contribution is 5.43. The quantitative estimate of drug-likeness (QED) is 0.718. The molecule has 0 spiro atoms. The predicted molar refractivity (Wildman–Crippen MR) is 106 cm³/mol. The highest BCUT2D eigenvalue weighted by Crippen LogP contribution is 2.29. The number of benzene rings is 2. The maximum Gasteiger partial charge on any atom is 0.161 e. The van der Waals surface area contributed by atoms with Crippen molar-refractivity contribution in [2.75, 3.05) is 39.8 Å². The third kappa shape index (κ3) is 5.72. The molecule has 5 nitrogen and oxygen atoms in total. The van der Waals surface area contributed by atoms with E-state index in [4.69, 9.17) is 14.7 Å². The smallest absolute Gasteiger partial charge is 0.161 e. The lowest BCUT2D eigenvalue weighted by molar-refractivity contribution is 0.129. The van der Waals surface area contributed by atoms with Gasteiger partial charge >= 0.3 is 0 Å². The molecule has 0 aromatic heterocycles. The van der Waals surface area contributed by atoms with Crippen LogP contribution >= 0.6 is 0 Å². The second-order valence-corrected chi connectivity index (χ2v) is 6.79. The molecular weight excluding hydrogens is 338 g/mol. The van der Waals surface area contributed by atoms with E-state index < -0.39 is 0 Å². The number of methoxy groups -OCH3 is 1. The fraction of sp³-hybridized carbons (Fsp3) is 0.409. The summed E-state index contributed by atoms with van der Waals surface area (Å²) < 4.78 is 11.5. The third-order valence-corrected chi connectivity index (χ3v) is 4.88. The number of piperazine rings is 1. The minimum absolute atomic E-state index is 0.529. The summed E-state index contributed by atoms with van der Waals surface area (Å²) in [5.74, 6) is 1.54. The van der Waals surface area contributed by atoms with Crippen molar-refractivity contribution < 1.29 is 9.47 Å². The van der Waals surface area contributed by atoms with Gasteiger partial charge in [-0.1, -0.05) is 36.4 Å². The second-order valence-electron chi connectivity index (χ2n) is 6.79. The fourth-order valence-electron chi connectivity index (χ4n) is 3.30. The summed E-state index contributed by atoms with van der Waals surface area (Å²) >= 11 is 0. The first-order chi connectivity index (χ1) is 13.3. The summed E-state index contributed by atoms with van der Waals surface area (Å²) in [7, 11) is 1.68. The summed E-state index contributed by atoms with van der Waals surface area (Å²) in [6, 6.07) is 18.5. The van der Waals surface area contributed by atoms with Crippen LogP contribution in [-0.2, 0) is 13.2 Å². The molecule has 0 N–H and O–H groups in total. The van der Waals surface area contributed by atoms with Crippen LogP contribution in [0, 0.1) is 11.3 Å². The van der Waals surface area contributed by atoms with E-state index in [1.807, 2.05) is 24.3 Å². The number of nitrogens with zero attached hydrogens (tertiary/aromatic N) is 3.